The van der Waals surface area contributed by atoms with Crippen LogP contribution in [0.4, 0.5) is 0 Å². The van der Waals surface area contributed by atoms with Crippen LogP contribution < -0.4 is 5.73 Å². The van der Waals surface area contributed by atoms with Gasteiger partial charge in [-0.1, -0.05) is 20.8 Å². The molecule has 0 spiro atoms. The van der Waals surface area contributed by atoms with Crippen LogP contribution in [0.1, 0.15) is 33.6 Å². The maximum atomic E-state index is 5.29. The second-order valence-electron chi connectivity index (χ2n) is 3.76. The minimum atomic E-state index is 0.639. The standard InChI is InChI=1S/C10H23NO/c1-9(2)10(3)5-4-7-12-8-6-11/h9-10H,4-8,11H2,1-3H3/t10-/m1/s1. The lowest BCUT2D eigenvalue weighted by Gasteiger charge is -2.14. The fourth-order valence-electron chi connectivity index (χ4n) is 1.03. The molecule has 2 N–H and O–H groups in total. The Morgan fingerprint density at radius 3 is 2.33 bits per heavy atom. The number of ether oxygens (including phenoxy) is 1. The van der Waals surface area contributed by atoms with Gasteiger partial charge in [0.25, 0.3) is 0 Å². The molecule has 74 valence electrons. The summed E-state index contributed by atoms with van der Waals surface area (Å²) in [5.41, 5.74) is 5.29. The van der Waals surface area contributed by atoms with Gasteiger partial charge in [0.1, 0.15) is 0 Å². The summed E-state index contributed by atoms with van der Waals surface area (Å²) in [7, 11) is 0. The van der Waals surface area contributed by atoms with Crippen molar-refractivity contribution >= 4 is 0 Å². The Kier molecular flexibility index (Phi) is 7.51. The first kappa shape index (κ1) is 11.9. The average Bonchev–Trinajstić information content (AvgIpc) is 2.03. The molecule has 0 fully saturated rings. The van der Waals surface area contributed by atoms with E-state index in [4.69, 9.17) is 10.5 Å². The molecule has 0 amide bonds. The molecule has 0 rings (SSSR count). The molecule has 2 heteroatoms. The summed E-state index contributed by atoms with van der Waals surface area (Å²) in [5, 5.41) is 0. The zero-order valence-electron chi connectivity index (χ0n) is 8.68. The highest BCUT2D eigenvalue weighted by atomic mass is 16.5. The van der Waals surface area contributed by atoms with Gasteiger partial charge in [0.2, 0.25) is 0 Å². The third kappa shape index (κ3) is 6.62. The van der Waals surface area contributed by atoms with Crippen LogP contribution in [0.15, 0.2) is 0 Å². The van der Waals surface area contributed by atoms with Gasteiger partial charge in [-0.05, 0) is 24.7 Å². The van der Waals surface area contributed by atoms with Crippen LogP contribution in [-0.2, 0) is 4.74 Å². The molecule has 0 aliphatic heterocycles. The third-order valence-corrected chi connectivity index (χ3v) is 2.35. The van der Waals surface area contributed by atoms with Crippen LogP contribution in [0, 0.1) is 11.8 Å². The summed E-state index contributed by atoms with van der Waals surface area (Å²) < 4.78 is 5.29. The molecule has 0 aromatic carbocycles. The lowest BCUT2D eigenvalue weighted by Crippen LogP contribution is -2.10. The molecule has 0 unspecified atom stereocenters. The fraction of sp³-hybridized carbons (Fsp3) is 1.00. The van der Waals surface area contributed by atoms with Gasteiger partial charge in [0.15, 0.2) is 0 Å². The molecule has 0 aromatic rings. The first-order valence-electron chi connectivity index (χ1n) is 4.96. The highest BCUT2D eigenvalue weighted by molar-refractivity contribution is 4.56. The SMILES string of the molecule is CC(C)[C@H](C)CCCOCCN. The van der Waals surface area contributed by atoms with Crippen molar-refractivity contribution in [1.29, 1.82) is 0 Å². The summed E-state index contributed by atoms with van der Waals surface area (Å²) in [6.45, 7) is 9.05. The maximum absolute atomic E-state index is 5.29. The topological polar surface area (TPSA) is 35.2 Å². The molecule has 12 heavy (non-hydrogen) atoms. The molecule has 0 radical (unpaired) electrons. The van der Waals surface area contributed by atoms with Crippen LogP contribution in [0.25, 0.3) is 0 Å². The summed E-state index contributed by atoms with van der Waals surface area (Å²) >= 11 is 0. The van der Waals surface area contributed by atoms with E-state index in [1.807, 2.05) is 0 Å². The van der Waals surface area contributed by atoms with E-state index in [0.717, 1.165) is 18.4 Å². The molecule has 0 bridgehead atoms. The molecule has 0 saturated heterocycles. The van der Waals surface area contributed by atoms with E-state index in [1.54, 1.807) is 0 Å². The van der Waals surface area contributed by atoms with Crippen molar-refractivity contribution < 1.29 is 4.74 Å². The second kappa shape index (κ2) is 7.56. The van der Waals surface area contributed by atoms with Crippen molar-refractivity contribution in [3.8, 4) is 0 Å². The lowest BCUT2D eigenvalue weighted by atomic mass is 9.93. The molecular weight excluding hydrogens is 150 g/mol. The van der Waals surface area contributed by atoms with E-state index >= 15 is 0 Å². The summed E-state index contributed by atoms with van der Waals surface area (Å²) in [6.07, 6.45) is 2.43. The van der Waals surface area contributed by atoms with Gasteiger partial charge in [0.05, 0.1) is 6.61 Å². The smallest absolute Gasteiger partial charge is 0.0588 e. The van der Waals surface area contributed by atoms with Gasteiger partial charge >= 0.3 is 0 Å². The monoisotopic (exact) mass is 173 g/mol. The van der Waals surface area contributed by atoms with Crippen molar-refractivity contribution in [3.63, 3.8) is 0 Å². The third-order valence-electron chi connectivity index (χ3n) is 2.35. The summed E-state index contributed by atoms with van der Waals surface area (Å²) in [6, 6.07) is 0. The van der Waals surface area contributed by atoms with Crippen molar-refractivity contribution in [2.24, 2.45) is 17.6 Å². The molecule has 0 aliphatic carbocycles. The van der Waals surface area contributed by atoms with Crippen LogP contribution in [-0.4, -0.2) is 19.8 Å². The van der Waals surface area contributed by atoms with Crippen LogP contribution in [0.5, 0.6) is 0 Å². The molecular formula is C10H23NO. The zero-order valence-corrected chi connectivity index (χ0v) is 8.68. The summed E-state index contributed by atoms with van der Waals surface area (Å²) in [4.78, 5) is 0. The van der Waals surface area contributed by atoms with E-state index in [1.165, 1.54) is 12.8 Å². The highest BCUT2D eigenvalue weighted by Crippen LogP contribution is 2.15. The first-order chi connectivity index (χ1) is 5.68. The Labute approximate surface area is 76.5 Å². The molecule has 0 heterocycles. The Morgan fingerprint density at radius 1 is 1.17 bits per heavy atom. The Balaban J connectivity index is 3.08. The highest BCUT2D eigenvalue weighted by Gasteiger charge is 2.05. The molecule has 2 nitrogen and oxygen atoms in total. The largest absolute Gasteiger partial charge is 0.380 e. The van der Waals surface area contributed by atoms with E-state index in [2.05, 4.69) is 20.8 Å². The molecule has 0 aliphatic rings. The number of hydrogen-bond donors (Lipinski definition) is 1. The number of nitrogens with two attached hydrogens (primary N) is 1. The average molecular weight is 173 g/mol. The van der Waals surface area contributed by atoms with Gasteiger partial charge in [-0.3, -0.25) is 0 Å². The molecule has 1 atom stereocenters. The number of rotatable bonds is 7. The Morgan fingerprint density at radius 2 is 1.83 bits per heavy atom. The number of hydrogen-bond acceptors (Lipinski definition) is 2. The van der Waals surface area contributed by atoms with Gasteiger partial charge in [-0.2, -0.15) is 0 Å². The molecule has 0 saturated carbocycles. The zero-order chi connectivity index (χ0) is 9.40. The van der Waals surface area contributed by atoms with E-state index in [0.29, 0.717) is 13.2 Å². The van der Waals surface area contributed by atoms with Gasteiger partial charge in [0, 0.05) is 13.2 Å². The summed E-state index contributed by atoms with van der Waals surface area (Å²) in [5.74, 6) is 1.60. The van der Waals surface area contributed by atoms with Gasteiger partial charge in [-0.25, -0.2) is 0 Å². The van der Waals surface area contributed by atoms with Crippen molar-refractivity contribution in [2.75, 3.05) is 19.8 Å². The predicted molar refractivity (Wildman–Crippen MR) is 53.1 cm³/mol. The predicted octanol–water partition coefficient (Wildman–Crippen LogP) is 2.03. The van der Waals surface area contributed by atoms with Crippen LogP contribution >= 0.6 is 0 Å². The van der Waals surface area contributed by atoms with Crippen molar-refractivity contribution in [3.05, 3.63) is 0 Å². The minimum Gasteiger partial charge on any atom is -0.380 e. The van der Waals surface area contributed by atoms with E-state index in [9.17, 15) is 0 Å². The van der Waals surface area contributed by atoms with Crippen molar-refractivity contribution in [1.82, 2.24) is 0 Å². The minimum absolute atomic E-state index is 0.639. The quantitative estimate of drug-likeness (QED) is 0.598. The first-order valence-corrected chi connectivity index (χ1v) is 4.96. The van der Waals surface area contributed by atoms with E-state index < -0.39 is 0 Å². The van der Waals surface area contributed by atoms with Gasteiger partial charge < -0.3 is 10.5 Å². The van der Waals surface area contributed by atoms with Crippen LogP contribution in [0.3, 0.4) is 0 Å². The fourth-order valence-corrected chi connectivity index (χ4v) is 1.03. The lowest BCUT2D eigenvalue weighted by molar-refractivity contribution is 0.132. The van der Waals surface area contributed by atoms with Crippen molar-refractivity contribution in [2.45, 2.75) is 33.6 Å². The Bertz CT molecular complexity index is 93.8. The molecule has 0 aromatic heterocycles. The van der Waals surface area contributed by atoms with E-state index in [-0.39, 0.29) is 0 Å². The van der Waals surface area contributed by atoms with Crippen LogP contribution in [0.2, 0.25) is 0 Å². The maximum Gasteiger partial charge on any atom is 0.0588 e. The van der Waals surface area contributed by atoms with Gasteiger partial charge in [-0.15, -0.1) is 0 Å². The normalized spacial score (nSPS) is 13.8. The Hall–Kier alpha value is -0.0800. The second-order valence-corrected chi connectivity index (χ2v) is 3.76.